The predicted molar refractivity (Wildman–Crippen MR) is 91.9 cm³/mol. The Morgan fingerprint density at radius 3 is 2.67 bits per heavy atom. The lowest BCUT2D eigenvalue weighted by atomic mass is 10.1. The number of nitrogens with one attached hydrogen (secondary N) is 1. The van der Waals surface area contributed by atoms with Crippen LogP contribution in [0.25, 0.3) is 10.9 Å². The Morgan fingerprint density at radius 2 is 2.04 bits per heavy atom. The second-order valence-corrected chi connectivity index (χ2v) is 7.07. The number of hydrogen-bond acceptors (Lipinski definition) is 4. The summed E-state index contributed by atoms with van der Waals surface area (Å²) in [5.41, 5.74) is -0.673. The normalized spacial score (nSPS) is 19.1. The van der Waals surface area contributed by atoms with Gasteiger partial charge in [0.15, 0.2) is 0 Å². The van der Waals surface area contributed by atoms with Gasteiger partial charge < -0.3 is 10.2 Å². The van der Waals surface area contributed by atoms with Gasteiger partial charge in [-0.25, -0.2) is 4.98 Å². The van der Waals surface area contributed by atoms with Crippen molar-refractivity contribution in [1.82, 2.24) is 15.3 Å². The first-order chi connectivity index (χ1) is 11.2. The van der Waals surface area contributed by atoms with Crippen LogP contribution >= 0.6 is 39.1 Å². The minimum absolute atomic E-state index is 0.0581. The molecular weight excluding hydrogens is 432 g/mol. The SMILES string of the molecule is CC1CN(c2nc(Cl)nc3c(Cl)c(Br)c(C(F)(F)F)cc23)CCN1. The average Bonchev–Trinajstić information content (AvgIpc) is 2.49. The highest BCUT2D eigenvalue weighted by Crippen LogP contribution is 2.43. The van der Waals surface area contributed by atoms with Crippen molar-refractivity contribution < 1.29 is 13.2 Å². The number of alkyl halides is 3. The molecule has 0 spiro atoms. The van der Waals surface area contributed by atoms with Crippen molar-refractivity contribution in [3.05, 3.63) is 26.4 Å². The number of fused-ring (bicyclic) bond motifs is 1. The van der Waals surface area contributed by atoms with Gasteiger partial charge >= 0.3 is 6.18 Å². The van der Waals surface area contributed by atoms with Crippen molar-refractivity contribution >= 4 is 55.9 Å². The van der Waals surface area contributed by atoms with E-state index in [0.29, 0.717) is 25.5 Å². The molecule has 1 aromatic carbocycles. The molecule has 0 amide bonds. The average molecular weight is 444 g/mol. The van der Waals surface area contributed by atoms with E-state index in [0.717, 1.165) is 6.07 Å². The molecule has 0 aliphatic carbocycles. The fourth-order valence-electron chi connectivity index (χ4n) is 2.73. The molecule has 0 bridgehead atoms. The van der Waals surface area contributed by atoms with E-state index in [-0.39, 0.29) is 31.7 Å². The first-order valence-corrected chi connectivity index (χ1v) is 8.64. The first kappa shape index (κ1) is 18.0. The number of nitrogens with zero attached hydrogens (tertiary/aromatic N) is 3. The monoisotopic (exact) mass is 442 g/mol. The molecular formula is C14H12BrCl2F3N4. The molecule has 4 nitrogen and oxygen atoms in total. The minimum atomic E-state index is -4.55. The summed E-state index contributed by atoms with van der Waals surface area (Å²) >= 11 is 15.0. The zero-order valence-corrected chi connectivity index (χ0v) is 15.5. The van der Waals surface area contributed by atoms with Crippen LogP contribution in [-0.4, -0.2) is 35.6 Å². The smallest absolute Gasteiger partial charge is 0.353 e. The highest BCUT2D eigenvalue weighted by atomic mass is 79.9. The maximum Gasteiger partial charge on any atom is 0.417 e. The van der Waals surface area contributed by atoms with Crippen molar-refractivity contribution in [3.8, 4) is 0 Å². The zero-order chi connectivity index (χ0) is 17.6. The summed E-state index contributed by atoms with van der Waals surface area (Å²) in [5, 5.41) is 3.31. The first-order valence-electron chi connectivity index (χ1n) is 7.09. The summed E-state index contributed by atoms with van der Waals surface area (Å²) in [6, 6.07) is 1.19. The molecule has 1 unspecified atom stereocenters. The standard InChI is InChI=1S/C14H12BrCl2F3N4/c1-6-5-24(3-2-21-6)12-7-4-8(14(18,19)20)9(15)10(16)11(7)22-13(17)23-12/h4,6,21H,2-3,5H2,1H3. The van der Waals surface area contributed by atoms with Crippen LogP contribution in [0.3, 0.4) is 0 Å². The maximum absolute atomic E-state index is 13.3. The topological polar surface area (TPSA) is 41.1 Å². The van der Waals surface area contributed by atoms with Crippen LogP contribution in [0.5, 0.6) is 0 Å². The fraction of sp³-hybridized carbons (Fsp3) is 0.429. The van der Waals surface area contributed by atoms with Gasteiger partial charge in [-0.2, -0.15) is 18.2 Å². The van der Waals surface area contributed by atoms with Crippen molar-refractivity contribution in [2.24, 2.45) is 0 Å². The van der Waals surface area contributed by atoms with Crippen LogP contribution in [0, 0.1) is 0 Å². The lowest BCUT2D eigenvalue weighted by Gasteiger charge is -2.33. The van der Waals surface area contributed by atoms with Gasteiger partial charge in [0.05, 0.1) is 20.6 Å². The molecule has 0 saturated carbocycles. The molecule has 2 aromatic rings. The van der Waals surface area contributed by atoms with Gasteiger partial charge in [-0.3, -0.25) is 0 Å². The van der Waals surface area contributed by atoms with E-state index < -0.39 is 11.7 Å². The Bertz CT molecular complexity index is 800. The molecule has 1 aromatic heterocycles. The molecule has 0 radical (unpaired) electrons. The van der Waals surface area contributed by atoms with Gasteiger partial charge in [-0.05, 0) is 40.5 Å². The molecule has 24 heavy (non-hydrogen) atoms. The van der Waals surface area contributed by atoms with Crippen LogP contribution < -0.4 is 10.2 Å². The van der Waals surface area contributed by atoms with Gasteiger partial charge in [-0.1, -0.05) is 11.6 Å². The van der Waals surface area contributed by atoms with E-state index >= 15 is 0 Å². The van der Waals surface area contributed by atoms with Crippen LogP contribution in [0.15, 0.2) is 10.5 Å². The van der Waals surface area contributed by atoms with E-state index in [1.807, 2.05) is 11.8 Å². The predicted octanol–water partition coefficient (Wildman–Crippen LogP) is 4.52. The van der Waals surface area contributed by atoms with Crippen molar-refractivity contribution in [1.29, 1.82) is 0 Å². The van der Waals surface area contributed by atoms with E-state index in [4.69, 9.17) is 23.2 Å². The lowest BCUT2D eigenvalue weighted by Crippen LogP contribution is -2.49. The second kappa shape index (κ2) is 6.48. The molecule has 3 rings (SSSR count). The number of piperazine rings is 1. The highest BCUT2D eigenvalue weighted by Gasteiger charge is 2.35. The summed E-state index contributed by atoms with van der Waals surface area (Å²) in [7, 11) is 0. The number of benzene rings is 1. The van der Waals surface area contributed by atoms with Gasteiger partial charge in [0, 0.05) is 31.1 Å². The Kier molecular flexibility index (Phi) is 4.85. The number of anilines is 1. The van der Waals surface area contributed by atoms with Crippen LogP contribution in [0.4, 0.5) is 19.0 Å². The van der Waals surface area contributed by atoms with Crippen LogP contribution in [0.1, 0.15) is 12.5 Å². The summed E-state index contributed by atoms with van der Waals surface area (Å²) in [6.07, 6.45) is -4.55. The van der Waals surface area contributed by atoms with Gasteiger partial charge in [-0.15, -0.1) is 0 Å². The van der Waals surface area contributed by atoms with Gasteiger partial charge in [0.2, 0.25) is 5.28 Å². The Hall–Kier alpha value is -0.830. The molecule has 1 aliphatic rings. The molecule has 1 N–H and O–H groups in total. The molecule has 1 atom stereocenters. The number of hydrogen-bond donors (Lipinski definition) is 1. The van der Waals surface area contributed by atoms with Crippen molar-refractivity contribution in [2.75, 3.05) is 24.5 Å². The molecule has 10 heteroatoms. The zero-order valence-electron chi connectivity index (χ0n) is 12.4. The third-order valence-electron chi connectivity index (χ3n) is 3.80. The third kappa shape index (κ3) is 3.29. The van der Waals surface area contributed by atoms with Crippen molar-refractivity contribution in [3.63, 3.8) is 0 Å². The fourth-order valence-corrected chi connectivity index (χ4v) is 3.67. The van der Waals surface area contributed by atoms with E-state index in [9.17, 15) is 13.2 Å². The number of halogens is 6. The van der Waals surface area contributed by atoms with Crippen LogP contribution in [-0.2, 0) is 6.18 Å². The van der Waals surface area contributed by atoms with Gasteiger partial charge in [0.1, 0.15) is 5.82 Å². The molecule has 2 heterocycles. The van der Waals surface area contributed by atoms with Gasteiger partial charge in [0.25, 0.3) is 0 Å². The Labute approximate surface area is 154 Å². The number of aromatic nitrogens is 2. The second-order valence-electron chi connectivity index (χ2n) is 5.56. The Balaban J connectivity index is 2.27. The highest BCUT2D eigenvalue weighted by molar-refractivity contribution is 9.10. The summed E-state index contributed by atoms with van der Waals surface area (Å²) in [4.78, 5) is 10.1. The quantitative estimate of drug-likeness (QED) is 0.658. The summed E-state index contributed by atoms with van der Waals surface area (Å²) in [6.45, 7) is 3.88. The van der Waals surface area contributed by atoms with Crippen LogP contribution in [0.2, 0.25) is 10.3 Å². The Morgan fingerprint density at radius 1 is 1.33 bits per heavy atom. The van der Waals surface area contributed by atoms with E-state index in [1.165, 1.54) is 0 Å². The maximum atomic E-state index is 13.3. The molecule has 1 saturated heterocycles. The molecule has 1 aliphatic heterocycles. The summed E-state index contributed by atoms with van der Waals surface area (Å²) < 4.78 is 39.6. The van der Waals surface area contributed by atoms with E-state index in [1.54, 1.807) is 0 Å². The largest absolute Gasteiger partial charge is 0.417 e. The minimum Gasteiger partial charge on any atom is -0.353 e. The van der Waals surface area contributed by atoms with E-state index in [2.05, 4.69) is 31.2 Å². The molecule has 130 valence electrons. The summed E-state index contributed by atoms with van der Waals surface area (Å²) in [5.74, 6) is 0.359. The number of rotatable bonds is 1. The lowest BCUT2D eigenvalue weighted by molar-refractivity contribution is -0.138. The third-order valence-corrected chi connectivity index (χ3v) is 5.39. The van der Waals surface area contributed by atoms with Crippen molar-refractivity contribution in [2.45, 2.75) is 19.1 Å². The molecule has 1 fully saturated rings.